The molecule has 0 radical (unpaired) electrons. The van der Waals surface area contributed by atoms with Crippen molar-refractivity contribution in [2.24, 2.45) is 0 Å². The molecule has 1 atom stereocenters. The number of likely N-dealkylation sites (N-methyl/N-ethyl adjacent to an activating group) is 1. The molecule has 0 spiro atoms. The van der Waals surface area contributed by atoms with Crippen LogP contribution in [-0.2, 0) is 12.7 Å². The topological polar surface area (TPSA) is 3.24 Å². The summed E-state index contributed by atoms with van der Waals surface area (Å²) < 4.78 is 38.0. The Balaban J connectivity index is 0.00000176. The highest BCUT2D eigenvalue weighted by Gasteiger charge is 2.31. The number of thiophene rings is 1. The summed E-state index contributed by atoms with van der Waals surface area (Å²) in [6.07, 6.45) is -4.27. The van der Waals surface area contributed by atoms with E-state index in [0.717, 1.165) is 18.7 Å². The number of rotatable bonds is 1. The van der Waals surface area contributed by atoms with E-state index in [1.165, 1.54) is 27.5 Å². The van der Waals surface area contributed by atoms with E-state index in [-0.39, 0.29) is 18.3 Å². The fraction of sp³-hybridized carbons (Fsp3) is 0.375. The van der Waals surface area contributed by atoms with Crippen LogP contribution in [0.2, 0.25) is 0 Å². The third-order valence-electron chi connectivity index (χ3n) is 3.89. The number of fused-ring (bicyclic) bond motifs is 1. The maximum absolute atomic E-state index is 12.7. The van der Waals surface area contributed by atoms with Gasteiger partial charge in [0.2, 0.25) is 0 Å². The Morgan fingerprint density at radius 1 is 1.18 bits per heavy atom. The number of hydrogen-bond donors (Lipinski definition) is 0. The van der Waals surface area contributed by atoms with Gasteiger partial charge in [-0.1, -0.05) is 12.1 Å². The van der Waals surface area contributed by atoms with Crippen LogP contribution in [0.25, 0.3) is 0 Å². The molecule has 1 aliphatic rings. The molecule has 1 aliphatic heterocycles. The van der Waals surface area contributed by atoms with E-state index in [1.54, 1.807) is 23.5 Å². The Labute approximate surface area is 138 Å². The van der Waals surface area contributed by atoms with Gasteiger partial charge in [0.25, 0.3) is 0 Å². The number of aryl methyl sites for hydroxylation is 1. The third kappa shape index (κ3) is 3.31. The van der Waals surface area contributed by atoms with Gasteiger partial charge in [-0.05, 0) is 43.3 Å². The third-order valence-corrected chi connectivity index (χ3v) is 4.94. The van der Waals surface area contributed by atoms with Crippen molar-refractivity contribution in [1.29, 1.82) is 0 Å². The van der Waals surface area contributed by atoms with Gasteiger partial charge in [-0.3, -0.25) is 0 Å². The van der Waals surface area contributed by atoms with Crippen LogP contribution in [-0.4, -0.2) is 18.5 Å². The molecular formula is C16H17ClF3NS. The molecule has 1 nitrogen and oxygen atoms in total. The summed E-state index contributed by atoms with van der Waals surface area (Å²) in [5.41, 5.74) is 1.64. The Morgan fingerprint density at radius 3 is 2.41 bits per heavy atom. The molecular weight excluding hydrogens is 331 g/mol. The quantitative estimate of drug-likeness (QED) is 0.695. The summed E-state index contributed by atoms with van der Waals surface area (Å²) in [7, 11) is 2.05. The highest BCUT2D eigenvalue weighted by Crippen LogP contribution is 2.38. The molecule has 120 valence electrons. The van der Waals surface area contributed by atoms with Crippen molar-refractivity contribution in [1.82, 2.24) is 4.90 Å². The lowest BCUT2D eigenvalue weighted by Crippen LogP contribution is -2.29. The first kappa shape index (κ1) is 17.3. The molecule has 0 saturated carbocycles. The smallest absolute Gasteiger partial charge is 0.300 e. The second-order valence-corrected chi connectivity index (χ2v) is 6.95. The van der Waals surface area contributed by atoms with E-state index in [1.807, 2.05) is 0 Å². The van der Waals surface area contributed by atoms with Crippen molar-refractivity contribution in [3.05, 3.63) is 56.8 Å². The summed E-state index contributed by atoms with van der Waals surface area (Å²) in [5.74, 6) is 0.158. The minimum absolute atomic E-state index is 0. The van der Waals surface area contributed by atoms with Crippen molar-refractivity contribution in [2.45, 2.75) is 25.6 Å². The lowest BCUT2D eigenvalue weighted by molar-refractivity contribution is -0.137. The first-order valence-electron chi connectivity index (χ1n) is 6.79. The van der Waals surface area contributed by atoms with Crippen LogP contribution >= 0.6 is 23.7 Å². The van der Waals surface area contributed by atoms with Crippen LogP contribution in [0.15, 0.2) is 30.3 Å². The van der Waals surface area contributed by atoms with Gasteiger partial charge in [-0.15, -0.1) is 23.7 Å². The molecule has 0 aliphatic carbocycles. The predicted molar refractivity (Wildman–Crippen MR) is 85.9 cm³/mol. The number of nitrogens with zero attached hydrogens (tertiary/aromatic N) is 1. The number of benzene rings is 1. The Bertz CT molecular complexity index is 648. The predicted octanol–water partition coefficient (Wildman–Crippen LogP) is 5.07. The van der Waals surface area contributed by atoms with Crippen LogP contribution < -0.4 is 0 Å². The van der Waals surface area contributed by atoms with Crippen LogP contribution in [0, 0.1) is 6.92 Å². The number of alkyl halides is 3. The molecule has 2 heterocycles. The fourth-order valence-electron chi connectivity index (χ4n) is 2.91. The Hall–Kier alpha value is -1.04. The van der Waals surface area contributed by atoms with Crippen LogP contribution in [0.3, 0.4) is 0 Å². The maximum atomic E-state index is 12.7. The molecule has 0 amide bonds. The van der Waals surface area contributed by atoms with Crippen molar-refractivity contribution in [3.63, 3.8) is 0 Å². The molecule has 3 rings (SSSR count). The lowest BCUT2D eigenvalue weighted by atomic mass is 9.88. The highest BCUT2D eigenvalue weighted by molar-refractivity contribution is 7.12. The fourth-order valence-corrected chi connectivity index (χ4v) is 4.09. The molecule has 22 heavy (non-hydrogen) atoms. The van der Waals surface area contributed by atoms with Crippen molar-refractivity contribution in [2.75, 3.05) is 13.6 Å². The monoisotopic (exact) mass is 347 g/mol. The average molecular weight is 348 g/mol. The second kappa shape index (κ2) is 6.22. The molecule has 0 N–H and O–H groups in total. The summed E-state index contributed by atoms with van der Waals surface area (Å²) in [6.45, 7) is 3.84. The van der Waals surface area contributed by atoms with E-state index in [9.17, 15) is 13.2 Å². The van der Waals surface area contributed by atoms with Crippen LogP contribution in [0.5, 0.6) is 0 Å². The second-order valence-electron chi connectivity index (χ2n) is 5.60. The summed E-state index contributed by atoms with van der Waals surface area (Å²) >= 11 is 1.78. The summed E-state index contributed by atoms with van der Waals surface area (Å²) in [4.78, 5) is 4.80. The largest absolute Gasteiger partial charge is 0.416 e. The van der Waals surface area contributed by atoms with E-state index >= 15 is 0 Å². The van der Waals surface area contributed by atoms with Crippen LogP contribution in [0.4, 0.5) is 13.2 Å². The zero-order valence-corrected chi connectivity index (χ0v) is 13.9. The van der Waals surface area contributed by atoms with Gasteiger partial charge < -0.3 is 4.90 Å². The molecule has 0 saturated heterocycles. The molecule has 2 aromatic rings. The van der Waals surface area contributed by atoms with Gasteiger partial charge in [0.05, 0.1) is 5.56 Å². The van der Waals surface area contributed by atoms with Gasteiger partial charge in [0.1, 0.15) is 0 Å². The highest BCUT2D eigenvalue weighted by atomic mass is 35.5. The van der Waals surface area contributed by atoms with Gasteiger partial charge >= 0.3 is 6.18 Å². The van der Waals surface area contributed by atoms with Crippen molar-refractivity contribution in [3.8, 4) is 0 Å². The minimum atomic E-state index is -4.27. The van der Waals surface area contributed by atoms with Gasteiger partial charge in [-0.25, -0.2) is 0 Å². The van der Waals surface area contributed by atoms with Gasteiger partial charge in [-0.2, -0.15) is 13.2 Å². The SMILES string of the molecule is Cc1cc2c(s1)CN(C)CC2c1ccc(C(F)(F)F)cc1.Cl. The first-order valence-corrected chi connectivity index (χ1v) is 7.61. The van der Waals surface area contributed by atoms with Crippen molar-refractivity contribution >= 4 is 23.7 Å². The molecule has 1 aromatic carbocycles. The zero-order chi connectivity index (χ0) is 15.2. The van der Waals surface area contributed by atoms with E-state index in [0.29, 0.717) is 0 Å². The Morgan fingerprint density at radius 2 is 1.82 bits per heavy atom. The maximum Gasteiger partial charge on any atom is 0.416 e. The zero-order valence-electron chi connectivity index (χ0n) is 12.3. The van der Waals surface area contributed by atoms with Crippen molar-refractivity contribution < 1.29 is 13.2 Å². The van der Waals surface area contributed by atoms with Gasteiger partial charge in [0.15, 0.2) is 0 Å². The van der Waals surface area contributed by atoms with E-state index in [4.69, 9.17) is 0 Å². The summed E-state index contributed by atoms with van der Waals surface area (Å²) in [5, 5.41) is 0. The minimum Gasteiger partial charge on any atom is -0.300 e. The molecule has 6 heteroatoms. The lowest BCUT2D eigenvalue weighted by Gasteiger charge is -2.30. The van der Waals surface area contributed by atoms with Gasteiger partial charge in [0, 0.05) is 28.8 Å². The number of halogens is 4. The standard InChI is InChI=1S/C16H16F3NS.ClH/c1-10-7-13-14(8-20(2)9-15(13)21-10)11-3-5-12(6-4-11)16(17,18)19;/h3-7,14H,8-9H2,1-2H3;1H. The van der Waals surface area contributed by atoms with E-state index in [2.05, 4.69) is 24.9 Å². The average Bonchev–Trinajstić information content (AvgIpc) is 2.77. The summed E-state index contributed by atoms with van der Waals surface area (Å²) in [6, 6.07) is 7.77. The molecule has 1 aromatic heterocycles. The normalized spacial score (nSPS) is 18.7. The Kier molecular flexibility index (Phi) is 4.90. The molecule has 0 bridgehead atoms. The number of hydrogen-bond acceptors (Lipinski definition) is 2. The first-order chi connectivity index (χ1) is 9.84. The molecule has 0 fully saturated rings. The van der Waals surface area contributed by atoms with E-state index < -0.39 is 11.7 Å². The van der Waals surface area contributed by atoms with Crippen LogP contribution in [0.1, 0.15) is 32.4 Å². The molecule has 1 unspecified atom stereocenters.